The van der Waals surface area contributed by atoms with Crippen LogP contribution in [0.2, 0.25) is 0 Å². The van der Waals surface area contributed by atoms with Crippen LogP contribution in [-0.2, 0) is 0 Å². The number of carbonyl (C=O) groups excluding carboxylic acids is 1. The van der Waals surface area contributed by atoms with Gasteiger partial charge in [-0.1, -0.05) is 0 Å². The van der Waals surface area contributed by atoms with Crippen molar-refractivity contribution >= 4 is 11.5 Å². The van der Waals surface area contributed by atoms with Crippen LogP contribution in [0, 0.1) is 25.5 Å². The van der Waals surface area contributed by atoms with Crippen molar-refractivity contribution in [3.05, 3.63) is 64.2 Å². The zero-order valence-corrected chi connectivity index (χ0v) is 10.6. The van der Waals surface area contributed by atoms with Crippen LogP contribution in [0.3, 0.4) is 0 Å². The third kappa shape index (κ3) is 2.47. The van der Waals surface area contributed by atoms with E-state index in [4.69, 9.17) is 5.73 Å². The molecule has 0 aliphatic rings. The lowest BCUT2D eigenvalue weighted by molar-refractivity contribution is 0.103. The molecular formula is C15H13F2NO. The Labute approximate surface area is 109 Å². The number of anilines is 1. The summed E-state index contributed by atoms with van der Waals surface area (Å²) in [6.07, 6.45) is 0. The van der Waals surface area contributed by atoms with Gasteiger partial charge in [0.25, 0.3) is 0 Å². The molecule has 0 fully saturated rings. The molecule has 0 saturated heterocycles. The summed E-state index contributed by atoms with van der Waals surface area (Å²) in [5.41, 5.74) is 7.40. The van der Waals surface area contributed by atoms with Crippen molar-refractivity contribution < 1.29 is 13.6 Å². The van der Waals surface area contributed by atoms with E-state index in [9.17, 15) is 13.6 Å². The van der Waals surface area contributed by atoms with Crippen LogP contribution >= 0.6 is 0 Å². The Kier molecular flexibility index (Phi) is 3.34. The molecule has 0 heterocycles. The second-order valence-electron chi connectivity index (χ2n) is 4.48. The zero-order chi connectivity index (χ0) is 14.2. The molecular weight excluding hydrogens is 248 g/mol. The molecule has 2 nitrogen and oxygen atoms in total. The van der Waals surface area contributed by atoms with E-state index < -0.39 is 17.4 Å². The van der Waals surface area contributed by atoms with E-state index in [-0.39, 0.29) is 11.1 Å². The van der Waals surface area contributed by atoms with Crippen LogP contribution in [0.1, 0.15) is 27.0 Å². The Morgan fingerprint density at radius 2 is 1.68 bits per heavy atom. The quantitative estimate of drug-likeness (QED) is 0.665. The number of carbonyl (C=O) groups is 1. The molecule has 0 radical (unpaired) electrons. The average Bonchev–Trinajstić information content (AvgIpc) is 2.36. The molecule has 0 amide bonds. The minimum atomic E-state index is -0.859. The van der Waals surface area contributed by atoms with Gasteiger partial charge in [0.15, 0.2) is 5.78 Å². The van der Waals surface area contributed by atoms with Gasteiger partial charge in [0.2, 0.25) is 0 Å². The van der Waals surface area contributed by atoms with Crippen molar-refractivity contribution in [3.8, 4) is 0 Å². The van der Waals surface area contributed by atoms with Crippen molar-refractivity contribution in [2.75, 3.05) is 5.73 Å². The fourth-order valence-electron chi connectivity index (χ4n) is 1.80. The Hall–Kier alpha value is -2.23. The van der Waals surface area contributed by atoms with E-state index in [0.29, 0.717) is 11.3 Å². The zero-order valence-electron chi connectivity index (χ0n) is 10.6. The molecule has 2 aromatic carbocycles. The van der Waals surface area contributed by atoms with Crippen molar-refractivity contribution in [3.63, 3.8) is 0 Å². The molecule has 19 heavy (non-hydrogen) atoms. The molecule has 4 heteroatoms. The Bertz CT molecular complexity index is 665. The number of hydrogen-bond acceptors (Lipinski definition) is 2. The van der Waals surface area contributed by atoms with Crippen LogP contribution < -0.4 is 5.73 Å². The second-order valence-corrected chi connectivity index (χ2v) is 4.48. The van der Waals surface area contributed by atoms with Crippen molar-refractivity contribution in [1.82, 2.24) is 0 Å². The maximum absolute atomic E-state index is 13.7. The summed E-state index contributed by atoms with van der Waals surface area (Å²) in [5, 5.41) is 0. The number of ketones is 1. The Morgan fingerprint density at radius 3 is 2.32 bits per heavy atom. The summed E-state index contributed by atoms with van der Waals surface area (Å²) in [6.45, 7) is 3.25. The standard InChI is InChI=1S/C15H13F2NO/c1-8-6-11(13(17)7-12(8)16)15(19)10-3-4-14(18)9(2)5-10/h3-7H,18H2,1-2H3. The highest BCUT2D eigenvalue weighted by atomic mass is 19.1. The first kappa shape index (κ1) is 13.2. The van der Waals surface area contributed by atoms with Gasteiger partial charge in [-0.2, -0.15) is 0 Å². The summed E-state index contributed by atoms with van der Waals surface area (Å²) >= 11 is 0. The number of rotatable bonds is 2. The Morgan fingerprint density at radius 1 is 1.00 bits per heavy atom. The van der Waals surface area contributed by atoms with Gasteiger partial charge in [-0.15, -0.1) is 0 Å². The van der Waals surface area contributed by atoms with Gasteiger partial charge in [0.05, 0.1) is 5.56 Å². The molecule has 0 aliphatic carbocycles. The molecule has 0 aromatic heterocycles. The minimum Gasteiger partial charge on any atom is -0.399 e. The number of aryl methyl sites for hydroxylation is 2. The maximum Gasteiger partial charge on any atom is 0.195 e. The summed E-state index contributed by atoms with van der Waals surface area (Å²) < 4.78 is 26.8. The SMILES string of the molecule is Cc1cc(C(=O)c2cc(C)c(F)cc2F)ccc1N. The Balaban J connectivity index is 2.49. The molecule has 98 valence electrons. The van der Waals surface area contributed by atoms with Crippen molar-refractivity contribution in [2.45, 2.75) is 13.8 Å². The first-order valence-corrected chi connectivity index (χ1v) is 5.76. The van der Waals surface area contributed by atoms with Gasteiger partial charge >= 0.3 is 0 Å². The molecule has 0 atom stereocenters. The number of benzene rings is 2. The lowest BCUT2D eigenvalue weighted by atomic mass is 9.99. The van der Waals surface area contributed by atoms with Gasteiger partial charge in [-0.25, -0.2) is 8.78 Å². The summed E-state index contributed by atoms with van der Waals surface area (Å²) in [6, 6.07) is 6.67. The smallest absolute Gasteiger partial charge is 0.195 e. The highest BCUT2D eigenvalue weighted by molar-refractivity contribution is 6.09. The molecule has 0 saturated carbocycles. The lowest BCUT2D eigenvalue weighted by Gasteiger charge is -2.07. The predicted octanol–water partition coefficient (Wildman–Crippen LogP) is 3.39. The van der Waals surface area contributed by atoms with Crippen LogP contribution in [0.15, 0.2) is 30.3 Å². The maximum atomic E-state index is 13.7. The highest BCUT2D eigenvalue weighted by Crippen LogP contribution is 2.20. The molecule has 0 unspecified atom stereocenters. The fourth-order valence-corrected chi connectivity index (χ4v) is 1.80. The molecule has 0 bridgehead atoms. The average molecular weight is 261 g/mol. The number of nitrogen functional groups attached to an aromatic ring is 1. The molecule has 2 aromatic rings. The van der Waals surface area contributed by atoms with E-state index in [1.165, 1.54) is 19.1 Å². The summed E-state index contributed by atoms with van der Waals surface area (Å²) in [4.78, 5) is 12.2. The van der Waals surface area contributed by atoms with E-state index in [0.717, 1.165) is 11.6 Å². The number of nitrogens with two attached hydrogens (primary N) is 1. The number of halogens is 2. The van der Waals surface area contributed by atoms with E-state index in [1.54, 1.807) is 19.1 Å². The van der Waals surface area contributed by atoms with Crippen LogP contribution in [0.5, 0.6) is 0 Å². The van der Waals surface area contributed by atoms with E-state index in [1.807, 2.05) is 0 Å². The van der Waals surface area contributed by atoms with Crippen LogP contribution in [-0.4, -0.2) is 5.78 Å². The monoisotopic (exact) mass is 261 g/mol. The third-order valence-corrected chi connectivity index (χ3v) is 3.02. The lowest BCUT2D eigenvalue weighted by Crippen LogP contribution is -2.06. The van der Waals surface area contributed by atoms with E-state index >= 15 is 0 Å². The van der Waals surface area contributed by atoms with Gasteiger partial charge in [0.1, 0.15) is 11.6 Å². The molecule has 0 spiro atoms. The fraction of sp³-hybridized carbons (Fsp3) is 0.133. The summed E-state index contributed by atoms with van der Waals surface area (Å²) in [5.74, 6) is -2.01. The largest absolute Gasteiger partial charge is 0.399 e. The first-order valence-electron chi connectivity index (χ1n) is 5.76. The van der Waals surface area contributed by atoms with Gasteiger partial charge < -0.3 is 5.73 Å². The predicted molar refractivity (Wildman–Crippen MR) is 70.1 cm³/mol. The normalized spacial score (nSPS) is 10.5. The van der Waals surface area contributed by atoms with Crippen LogP contribution in [0.25, 0.3) is 0 Å². The van der Waals surface area contributed by atoms with Gasteiger partial charge in [-0.05, 0) is 49.2 Å². The topological polar surface area (TPSA) is 43.1 Å². The second kappa shape index (κ2) is 4.80. The first-order chi connectivity index (χ1) is 8.90. The van der Waals surface area contributed by atoms with E-state index in [2.05, 4.69) is 0 Å². The van der Waals surface area contributed by atoms with Crippen LogP contribution in [0.4, 0.5) is 14.5 Å². The van der Waals surface area contributed by atoms with Gasteiger partial charge in [0, 0.05) is 17.3 Å². The minimum absolute atomic E-state index is 0.136. The van der Waals surface area contributed by atoms with Gasteiger partial charge in [-0.3, -0.25) is 4.79 Å². The summed E-state index contributed by atoms with van der Waals surface area (Å²) in [7, 11) is 0. The highest BCUT2D eigenvalue weighted by Gasteiger charge is 2.16. The third-order valence-electron chi connectivity index (χ3n) is 3.02. The van der Waals surface area contributed by atoms with Crippen molar-refractivity contribution in [1.29, 1.82) is 0 Å². The number of hydrogen-bond donors (Lipinski definition) is 1. The van der Waals surface area contributed by atoms with Crippen molar-refractivity contribution in [2.24, 2.45) is 0 Å². The molecule has 0 aliphatic heterocycles. The molecule has 2 N–H and O–H groups in total. The molecule has 2 rings (SSSR count).